The first-order valence-electron chi connectivity index (χ1n) is 3.11. The number of alkyl halides is 1. The van der Waals surface area contributed by atoms with Gasteiger partial charge in [0.25, 0.3) is 0 Å². The van der Waals surface area contributed by atoms with E-state index in [2.05, 4.69) is 22.6 Å². The van der Waals surface area contributed by atoms with Gasteiger partial charge in [0.2, 0.25) is 0 Å². The molecule has 0 heterocycles. The Hall–Kier alpha value is 0.520. The van der Waals surface area contributed by atoms with E-state index in [0.29, 0.717) is 0 Å². The second-order valence-corrected chi connectivity index (χ2v) is 3.07. The van der Waals surface area contributed by atoms with Gasteiger partial charge in [0.1, 0.15) is 5.82 Å². The number of thioether (sulfide) groups is 1. The van der Waals surface area contributed by atoms with Gasteiger partial charge in [-0.25, -0.2) is 4.39 Å². The molecule has 0 nitrogen and oxygen atoms in total. The Morgan fingerprint density at radius 2 is 2.00 bits per heavy atom. The first kappa shape index (κ1) is 12.5. The fourth-order valence-electron chi connectivity index (χ4n) is 0.604. The first-order chi connectivity index (χ1) is 5.74. The van der Waals surface area contributed by atoms with E-state index in [1.807, 2.05) is 11.2 Å². The second-order valence-electron chi connectivity index (χ2n) is 1.78. The van der Waals surface area contributed by atoms with Crippen LogP contribution in [-0.2, 0) is 0 Å². The Labute approximate surface area is 95.0 Å². The summed E-state index contributed by atoms with van der Waals surface area (Å²) >= 11 is 9.19. The molecule has 0 unspecified atom stereocenters. The average molecular weight is 319 g/mol. The SMILES string of the molecule is CI.CSc1ccc(F)c(Cl)c1. The van der Waals surface area contributed by atoms with Crippen LogP contribution in [0.2, 0.25) is 5.02 Å². The minimum Gasteiger partial charge on any atom is -0.205 e. The highest BCUT2D eigenvalue weighted by Crippen LogP contribution is 2.21. The van der Waals surface area contributed by atoms with Crippen LogP contribution in [0.1, 0.15) is 0 Å². The van der Waals surface area contributed by atoms with Gasteiger partial charge in [0.15, 0.2) is 0 Å². The Kier molecular flexibility index (Phi) is 7.28. The second kappa shape index (κ2) is 6.97. The summed E-state index contributed by atoms with van der Waals surface area (Å²) in [5.41, 5.74) is 0. The summed E-state index contributed by atoms with van der Waals surface area (Å²) in [6, 6.07) is 4.68. The van der Waals surface area contributed by atoms with Crippen molar-refractivity contribution in [3.8, 4) is 0 Å². The number of hydrogen-bond donors (Lipinski definition) is 0. The van der Waals surface area contributed by atoms with Gasteiger partial charge in [0, 0.05) is 4.90 Å². The smallest absolute Gasteiger partial charge is 0.141 e. The zero-order chi connectivity index (χ0) is 9.56. The molecule has 0 radical (unpaired) electrons. The van der Waals surface area contributed by atoms with Crippen LogP contribution in [-0.4, -0.2) is 11.2 Å². The first-order valence-corrected chi connectivity index (χ1v) is 6.87. The number of rotatable bonds is 1. The summed E-state index contributed by atoms with van der Waals surface area (Å²) in [6.45, 7) is 0. The third-order valence-corrected chi connectivity index (χ3v) is 2.14. The van der Waals surface area contributed by atoms with Crippen LogP contribution in [0.25, 0.3) is 0 Å². The minimum atomic E-state index is -0.362. The zero-order valence-electron chi connectivity index (χ0n) is 6.77. The van der Waals surface area contributed by atoms with Crippen LogP contribution >= 0.6 is 46.0 Å². The summed E-state index contributed by atoms with van der Waals surface area (Å²) in [5.74, 6) is -0.362. The molecule has 0 spiro atoms. The topological polar surface area (TPSA) is 0 Å². The molecular formula is C8H9ClFIS. The third kappa shape index (κ3) is 3.96. The van der Waals surface area contributed by atoms with Crippen LogP contribution in [0, 0.1) is 5.82 Å². The van der Waals surface area contributed by atoms with Crippen molar-refractivity contribution in [3.63, 3.8) is 0 Å². The molecule has 68 valence electrons. The fraction of sp³-hybridized carbons (Fsp3) is 0.250. The molecule has 0 saturated heterocycles. The van der Waals surface area contributed by atoms with E-state index in [1.54, 1.807) is 23.9 Å². The Morgan fingerprint density at radius 1 is 1.42 bits per heavy atom. The maximum atomic E-state index is 12.5. The van der Waals surface area contributed by atoms with Gasteiger partial charge in [0.05, 0.1) is 5.02 Å². The quantitative estimate of drug-likeness (QED) is 0.424. The van der Waals surface area contributed by atoms with Gasteiger partial charge < -0.3 is 0 Å². The Bertz CT molecular complexity index is 242. The van der Waals surface area contributed by atoms with E-state index in [1.165, 1.54) is 6.07 Å². The lowest BCUT2D eigenvalue weighted by Crippen LogP contribution is -1.75. The Morgan fingerprint density at radius 3 is 2.42 bits per heavy atom. The lowest BCUT2D eigenvalue weighted by atomic mass is 10.3. The lowest BCUT2D eigenvalue weighted by Gasteiger charge is -1.96. The molecule has 0 N–H and O–H groups in total. The fourth-order valence-corrected chi connectivity index (χ4v) is 1.29. The maximum absolute atomic E-state index is 12.5. The van der Waals surface area contributed by atoms with Crippen molar-refractivity contribution < 1.29 is 4.39 Å². The standard InChI is InChI=1S/C7H6ClFS.CH3I/c1-10-5-2-3-7(9)6(8)4-5;1-2/h2-4H,1H3;1H3. The number of halogens is 3. The van der Waals surface area contributed by atoms with Crippen molar-refractivity contribution >= 4 is 46.0 Å². The summed E-state index contributed by atoms with van der Waals surface area (Å²) in [4.78, 5) is 2.95. The van der Waals surface area contributed by atoms with E-state index < -0.39 is 0 Å². The van der Waals surface area contributed by atoms with Gasteiger partial charge in [-0.1, -0.05) is 34.2 Å². The average Bonchev–Trinajstić information content (AvgIpc) is 2.13. The lowest BCUT2D eigenvalue weighted by molar-refractivity contribution is 0.627. The van der Waals surface area contributed by atoms with Crippen molar-refractivity contribution in [2.24, 2.45) is 0 Å². The summed E-state index contributed by atoms with van der Waals surface area (Å²) in [5, 5.41) is 0.187. The molecule has 0 aliphatic rings. The number of hydrogen-bond acceptors (Lipinski definition) is 1. The van der Waals surface area contributed by atoms with Crippen molar-refractivity contribution in [3.05, 3.63) is 29.0 Å². The third-order valence-electron chi connectivity index (χ3n) is 1.13. The molecule has 0 bridgehead atoms. The molecule has 0 atom stereocenters. The summed E-state index contributed by atoms with van der Waals surface area (Å²) < 4.78 is 12.5. The van der Waals surface area contributed by atoms with Crippen LogP contribution in [0.3, 0.4) is 0 Å². The minimum absolute atomic E-state index is 0.187. The van der Waals surface area contributed by atoms with Crippen molar-refractivity contribution in [2.45, 2.75) is 4.90 Å². The van der Waals surface area contributed by atoms with Crippen LogP contribution < -0.4 is 0 Å². The predicted octanol–water partition coefficient (Wildman–Crippen LogP) is 4.25. The van der Waals surface area contributed by atoms with Crippen molar-refractivity contribution in [1.29, 1.82) is 0 Å². The van der Waals surface area contributed by atoms with E-state index in [0.717, 1.165) is 4.90 Å². The molecule has 0 aliphatic heterocycles. The van der Waals surface area contributed by atoms with E-state index in [4.69, 9.17) is 11.6 Å². The van der Waals surface area contributed by atoms with E-state index in [-0.39, 0.29) is 10.8 Å². The predicted molar refractivity (Wildman–Crippen MR) is 63.1 cm³/mol. The highest BCUT2D eigenvalue weighted by molar-refractivity contribution is 14.1. The van der Waals surface area contributed by atoms with Crippen LogP contribution in [0.5, 0.6) is 0 Å². The highest BCUT2D eigenvalue weighted by atomic mass is 127. The molecule has 12 heavy (non-hydrogen) atoms. The summed E-state index contributed by atoms with van der Waals surface area (Å²) in [6.07, 6.45) is 1.92. The molecule has 0 aliphatic carbocycles. The monoisotopic (exact) mass is 318 g/mol. The molecule has 1 rings (SSSR count). The molecule has 0 fully saturated rings. The largest absolute Gasteiger partial charge is 0.205 e. The molecule has 1 aromatic rings. The maximum Gasteiger partial charge on any atom is 0.141 e. The van der Waals surface area contributed by atoms with Gasteiger partial charge >= 0.3 is 0 Å². The summed E-state index contributed by atoms with van der Waals surface area (Å²) in [7, 11) is 0. The molecule has 0 aromatic heterocycles. The van der Waals surface area contributed by atoms with Crippen molar-refractivity contribution in [2.75, 3.05) is 11.2 Å². The normalized spacial score (nSPS) is 8.75. The molecule has 0 saturated carbocycles. The molecular weight excluding hydrogens is 310 g/mol. The van der Waals surface area contributed by atoms with Crippen LogP contribution in [0.15, 0.2) is 23.1 Å². The molecule has 0 amide bonds. The van der Waals surface area contributed by atoms with Gasteiger partial charge in [-0.05, 0) is 29.4 Å². The molecule has 1 aromatic carbocycles. The van der Waals surface area contributed by atoms with Gasteiger partial charge in [-0.3, -0.25) is 0 Å². The van der Waals surface area contributed by atoms with Crippen LogP contribution in [0.4, 0.5) is 4.39 Å². The van der Waals surface area contributed by atoms with Gasteiger partial charge in [-0.15, -0.1) is 11.8 Å². The Balaban J connectivity index is 0.000000561. The van der Waals surface area contributed by atoms with Crippen molar-refractivity contribution in [1.82, 2.24) is 0 Å². The van der Waals surface area contributed by atoms with E-state index in [9.17, 15) is 4.39 Å². The number of benzene rings is 1. The highest BCUT2D eigenvalue weighted by Gasteiger charge is 1.98. The zero-order valence-corrected chi connectivity index (χ0v) is 10.5. The van der Waals surface area contributed by atoms with E-state index >= 15 is 0 Å². The van der Waals surface area contributed by atoms with Gasteiger partial charge in [-0.2, -0.15) is 0 Å². The molecule has 4 heteroatoms.